The lowest BCUT2D eigenvalue weighted by Gasteiger charge is -2.42. The largest absolute Gasteiger partial charge is 0.376 e. The zero-order valence-corrected chi connectivity index (χ0v) is 24.5. The van der Waals surface area contributed by atoms with Crippen molar-refractivity contribution in [1.29, 1.82) is 0 Å². The van der Waals surface area contributed by atoms with Crippen molar-refractivity contribution < 1.29 is 9.53 Å². The Kier molecular flexibility index (Phi) is 8.25. The molecule has 0 amide bonds. The number of Topliss-reactive ketones (excluding diaryl/α,β-unsaturated/α-hetero) is 1. The molecule has 3 aliphatic rings. The van der Waals surface area contributed by atoms with Crippen LogP contribution in [0.1, 0.15) is 39.0 Å². The van der Waals surface area contributed by atoms with Crippen LogP contribution in [0.25, 0.3) is 0 Å². The minimum atomic E-state index is -0.0751. The molecule has 6 rings (SSSR count). The fourth-order valence-corrected chi connectivity index (χ4v) is 6.95. The first-order valence-corrected chi connectivity index (χ1v) is 15.2. The van der Waals surface area contributed by atoms with Gasteiger partial charge >= 0.3 is 0 Å². The highest BCUT2D eigenvalue weighted by Gasteiger charge is 2.50. The van der Waals surface area contributed by atoms with Gasteiger partial charge in [0.15, 0.2) is 5.82 Å². The molecule has 0 unspecified atom stereocenters. The molecule has 41 heavy (non-hydrogen) atoms. The van der Waals surface area contributed by atoms with Crippen LogP contribution in [0.4, 0.5) is 23.4 Å². The van der Waals surface area contributed by atoms with E-state index in [1.54, 1.807) is 30.9 Å². The molecule has 2 saturated heterocycles. The molecule has 5 heterocycles. The van der Waals surface area contributed by atoms with E-state index in [1.807, 2.05) is 13.0 Å². The second-order valence-corrected chi connectivity index (χ2v) is 12.4. The Bertz CT molecular complexity index is 1380. The number of nitrogens with zero attached hydrogens (tertiary/aromatic N) is 6. The monoisotopic (exact) mass is 595 g/mol. The number of piperidine rings is 1. The lowest BCUT2D eigenvalue weighted by atomic mass is 9.73. The molecule has 4 N–H and O–H groups in total. The molecule has 3 fully saturated rings. The number of aromatic nitrogens is 5. The third-order valence-electron chi connectivity index (χ3n) is 8.46. The Labute approximate surface area is 248 Å². The highest BCUT2D eigenvalue weighted by Crippen LogP contribution is 2.46. The predicted molar refractivity (Wildman–Crippen MR) is 159 cm³/mol. The Morgan fingerprint density at radius 1 is 1.17 bits per heavy atom. The Morgan fingerprint density at radius 3 is 2.71 bits per heavy atom. The quantitative estimate of drug-likeness (QED) is 0.341. The zero-order chi connectivity index (χ0) is 28.4. The van der Waals surface area contributed by atoms with Crippen molar-refractivity contribution in [2.24, 2.45) is 17.1 Å². The third kappa shape index (κ3) is 6.11. The second kappa shape index (κ2) is 12.0. The SMILES string of the molecule is C[C@@H]1C(=O)CC2(CCN(c3cnc(Sc4ccnc(Nc5ccnc(NC[C@H]6CCCO6)n5)c4Cl)cn3)CC2)[C@H]1N. The molecule has 1 saturated carbocycles. The summed E-state index contributed by atoms with van der Waals surface area (Å²) in [6.45, 7) is 5.06. The molecule has 3 aromatic rings. The van der Waals surface area contributed by atoms with Crippen molar-refractivity contribution in [3.05, 3.63) is 41.9 Å². The third-order valence-corrected chi connectivity index (χ3v) is 9.93. The minimum absolute atomic E-state index is 0.0503. The van der Waals surface area contributed by atoms with E-state index in [9.17, 15) is 4.79 Å². The van der Waals surface area contributed by atoms with E-state index in [0.29, 0.717) is 41.4 Å². The summed E-state index contributed by atoms with van der Waals surface area (Å²) in [5, 5.41) is 7.62. The first kappa shape index (κ1) is 28.1. The number of halogens is 1. The Morgan fingerprint density at radius 2 is 2.00 bits per heavy atom. The van der Waals surface area contributed by atoms with Crippen LogP contribution in [0.5, 0.6) is 0 Å². The molecule has 2 aliphatic heterocycles. The van der Waals surface area contributed by atoms with E-state index >= 15 is 0 Å². The standard InChI is InChI=1S/C28H34ClN9O2S/c1-17-19(39)13-28(25(17)30)6-10-38(11-7-28)22-15-34-23(16-33-22)41-20-4-8-31-26(24(20)29)36-21-5-9-32-27(37-21)35-14-18-3-2-12-40-18/h4-5,8-9,15-18,25H,2-3,6-7,10-14,30H2,1H3,(H2,31,32,35,36,37)/t17-,18-,25+/m1/s1. The number of hydrogen-bond acceptors (Lipinski definition) is 12. The molecule has 0 aromatic carbocycles. The lowest BCUT2D eigenvalue weighted by molar-refractivity contribution is -0.120. The maximum atomic E-state index is 12.3. The molecule has 1 spiro atoms. The summed E-state index contributed by atoms with van der Waals surface area (Å²) in [7, 11) is 0. The molecule has 1 aliphatic carbocycles. The molecule has 0 bridgehead atoms. The molecule has 0 radical (unpaired) electrons. The van der Waals surface area contributed by atoms with Gasteiger partial charge in [-0.2, -0.15) is 4.98 Å². The molecule has 13 heteroatoms. The van der Waals surface area contributed by atoms with Crippen LogP contribution < -0.4 is 21.3 Å². The van der Waals surface area contributed by atoms with E-state index < -0.39 is 0 Å². The van der Waals surface area contributed by atoms with Crippen LogP contribution in [-0.4, -0.2) is 69.1 Å². The molecular weight excluding hydrogens is 562 g/mol. The number of anilines is 4. The summed E-state index contributed by atoms with van der Waals surface area (Å²) in [5.74, 6) is 2.66. The van der Waals surface area contributed by atoms with Crippen LogP contribution in [0.2, 0.25) is 5.02 Å². The molecule has 216 valence electrons. The molecular formula is C28H34ClN9O2S. The summed E-state index contributed by atoms with van der Waals surface area (Å²) in [6.07, 6.45) is 11.6. The number of nitrogens with two attached hydrogens (primary N) is 1. The summed E-state index contributed by atoms with van der Waals surface area (Å²) >= 11 is 8.15. The molecule has 3 atom stereocenters. The van der Waals surface area contributed by atoms with Gasteiger partial charge in [-0.25, -0.2) is 19.9 Å². The summed E-state index contributed by atoms with van der Waals surface area (Å²) in [4.78, 5) is 37.8. The van der Waals surface area contributed by atoms with E-state index in [0.717, 1.165) is 61.1 Å². The smallest absolute Gasteiger partial charge is 0.224 e. The minimum Gasteiger partial charge on any atom is -0.376 e. The normalized spacial score (nSPS) is 23.7. The summed E-state index contributed by atoms with van der Waals surface area (Å²) in [6, 6.07) is 3.55. The number of rotatable bonds is 8. The van der Waals surface area contributed by atoms with Gasteiger partial charge in [-0.3, -0.25) is 4.79 Å². The van der Waals surface area contributed by atoms with Crippen molar-refractivity contribution in [1.82, 2.24) is 24.9 Å². The van der Waals surface area contributed by atoms with Crippen molar-refractivity contribution in [3.63, 3.8) is 0 Å². The highest BCUT2D eigenvalue weighted by atomic mass is 35.5. The van der Waals surface area contributed by atoms with Gasteiger partial charge in [-0.15, -0.1) is 0 Å². The summed E-state index contributed by atoms with van der Waals surface area (Å²) < 4.78 is 5.65. The fourth-order valence-electron chi connectivity index (χ4n) is 5.92. The average molecular weight is 596 g/mol. The van der Waals surface area contributed by atoms with Gasteiger partial charge in [0.2, 0.25) is 5.95 Å². The number of ketones is 1. The number of nitrogens with one attached hydrogen (secondary N) is 2. The van der Waals surface area contributed by atoms with Gasteiger partial charge in [0.25, 0.3) is 0 Å². The molecule has 3 aromatic heterocycles. The average Bonchev–Trinajstić information content (AvgIpc) is 3.58. The number of carbonyl (C=O) groups is 1. The van der Waals surface area contributed by atoms with Gasteiger partial charge in [-0.1, -0.05) is 30.3 Å². The van der Waals surface area contributed by atoms with Gasteiger partial charge in [0.1, 0.15) is 22.4 Å². The molecule has 11 nitrogen and oxygen atoms in total. The zero-order valence-electron chi connectivity index (χ0n) is 22.9. The van der Waals surface area contributed by atoms with Gasteiger partial charge in [-0.05, 0) is 43.2 Å². The number of hydrogen-bond donors (Lipinski definition) is 3. The van der Waals surface area contributed by atoms with Crippen molar-refractivity contribution >= 4 is 52.5 Å². The summed E-state index contributed by atoms with van der Waals surface area (Å²) in [5.41, 5.74) is 6.38. The predicted octanol–water partition coefficient (Wildman–Crippen LogP) is 4.32. The topological polar surface area (TPSA) is 144 Å². The van der Waals surface area contributed by atoms with Gasteiger partial charge in [0, 0.05) is 61.9 Å². The maximum Gasteiger partial charge on any atom is 0.224 e. The fraction of sp³-hybridized carbons (Fsp3) is 0.500. The highest BCUT2D eigenvalue weighted by molar-refractivity contribution is 7.99. The lowest BCUT2D eigenvalue weighted by Crippen LogP contribution is -2.48. The second-order valence-electron chi connectivity index (χ2n) is 11.0. The number of ether oxygens (including phenoxy) is 1. The van der Waals surface area contributed by atoms with Gasteiger partial charge in [0.05, 0.1) is 23.5 Å². The van der Waals surface area contributed by atoms with Crippen LogP contribution >= 0.6 is 23.4 Å². The first-order chi connectivity index (χ1) is 19.9. The van der Waals surface area contributed by atoms with Crippen molar-refractivity contribution in [2.45, 2.75) is 61.1 Å². The van der Waals surface area contributed by atoms with Crippen LogP contribution in [0, 0.1) is 11.3 Å². The van der Waals surface area contributed by atoms with Crippen LogP contribution in [-0.2, 0) is 9.53 Å². The number of pyridine rings is 1. The van der Waals surface area contributed by atoms with E-state index in [4.69, 9.17) is 22.1 Å². The van der Waals surface area contributed by atoms with E-state index in [2.05, 4.69) is 40.5 Å². The Balaban J connectivity index is 1.06. The first-order valence-electron chi connectivity index (χ1n) is 14.0. The van der Waals surface area contributed by atoms with Crippen LogP contribution in [0.15, 0.2) is 46.8 Å². The van der Waals surface area contributed by atoms with Crippen LogP contribution in [0.3, 0.4) is 0 Å². The maximum absolute atomic E-state index is 12.3. The van der Waals surface area contributed by atoms with Gasteiger partial charge < -0.3 is 26.0 Å². The van der Waals surface area contributed by atoms with Crippen molar-refractivity contribution in [2.75, 3.05) is 41.8 Å². The Hall–Kier alpha value is -3.06. The van der Waals surface area contributed by atoms with E-state index in [-0.39, 0.29) is 23.5 Å². The number of carbonyl (C=O) groups excluding carboxylic acids is 1. The van der Waals surface area contributed by atoms with Crippen molar-refractivity contribution in [3.8, 4) is 0 Å². The van der Waals surface area contributed by atoms with E-state index in [1.165, 1.54) is 11.8 Å².